The van der Waals surface area contributed by atoms with E-state index >= 15 is 0 Å². The van der Waals surface area contributed by atoms with Crippen LogP contribution in [-0.2, 0) is 0 Å². The fourth-order valence-corrected chi connectivity index (χ4v) is 2.49. The summed E-state index contributed by atoms with van der Waals surface area (Å²) in [6.07, 6.45) is 5.68. The van der Waals surface area contributed by atoms with Gasteiger partial charge in [-0.2, -0.15) is 0 Å². The molecule has 1 atom stereocenters. The maximum absolute atomic E-state index is 11.1. The standard InChI is InChI=1S/C14H20N2O/c1-3-4-12-7-8-16(10-12)13-5-6-14(11(2)17)15-9-13/h5-6,9,12H,3-4,7-8,10H2,1-2H3. The summed E-state index contributed by atoms with van der Waals surface area (Å²) in [4.78, 5) is 17.7. The Labute approximate surface area is 103 Å². The summed E-state index contributed by atoms with van der Waals surface area (Å²) in [7, 11) is 0. The van der Waals surface area contributed by atoms with Gasteiger partial charge in [-0.05, 0) is 30.9 Å². The van der Waals surface area contributed by atoms with Crippen LogP contribution < -0.4 is 4.90 Å². The first-order valence-electron chi connectivity index (χ1n) is 6.42. The first-order valence-corrected chi connectivity index (χ1v) is 6.42. The third-order valence-electron chi connectivity index (χ3n) is 3.46. The number of Topliss-reactive ketones (excluding diaryl/α,β-unsaturated/α-hetero) is 1. The van der Waals surface area contributed by atoms with Crippen LogP contribution in [0.3, 0.4) is 0 Å². The molecule has 0 saturated carbocycles. The number of aromatic nitrogens is 1. The van der Waals surface area contributed by atoms with Crippen molar-refractivity contribution < 1.29 is 4.79 Å². The Balaban J connectivity index is 2.01. The maximum Gasteiger partial charge on any atom is 0.178 e. The van der Waals surface area contributed by atoms with Crippen molar-refractivity contribution >= 4 is 11.5 Å². The van der Waals surface area contributed by atoms with Crippen LogP contribution in [0.5, 0.6) is 0 Å². The molecule has 1 aliphatic rings. The Kier molecular flexibility index (Phi) is 3.77. The maximum atomic E-state index is 11.1. The molecule has 0 spiro atoms. The highest BCUT2D eigenvalue weighted by Gasteiger charge is 2.21. The van der Waals surface area contributed by atoms with E-state index in [0.29, 0.717) is 5.69 Å². The lowest BCUT2D eigenvalue weighted by Gasteiger charge is -2.18. The summed E-state index contributed by atoms with van der Waals surface area (Å²) < 4.78 is 0. The average Bonchev–Trinajstić information content (AvgIpc) is 2.78. The highest BCUT2D eigenvalue weighted by Crippen LogP contribution is 2.25. The lowest BCUT2D eigenvalue weighted by Crippen LogP contribution is -2.19. The molecule has 1 aliphatic heterocycles. The van der Waals surface area contributed by atoms with Crippen LogP contribution in [0.2, 0.25) is 0 Å². The molecule has 0 radical (unpaired) electrons. The van der Waals surface area contributed by atoms with E-state index < -0.39 is 0 Å². The lowest BCUT2D eigenvalue weighted by molar-refractivity contribution is 0.101. The third-order valence-corrected chi connectivity index (χ3v) is 3.46. The van der Waals surface area contributed by atoms with E-state index in [1.165, 1.54) is 19.3 Å². The van der Waals surface area contributed by atoms with Crippen molar-refractivity contribution in [3.05, 3.63) is 24.0 Å². The number of carbonyl (C=O) groups is 1. The van der Waals surface area contributed by atoms with Crippen molar-refractivity contribution in [2.24, 2.45) is 5.92 Å². The quantitative estimate of drug-likeness (QED) is 0.748. The molecule has 0 aromatic carbocycles. The molecule has 1 aromatic heterocycles. The highest BCUT2D eigenvalue weighted by molar-refractivity contribution is 5.92. The largest absolute Gasteiger partial charge is 0.370 e. The van der Waals surface area contributed by atoms with Crippen LogP contribution >= 0.6 is 0 Å². The second-order valence-corrected chi connectivity index (χ2v) is 4.85. The zero-order chi connectivity index (χ0) is 12.3. The first kappa shape index (κ1) is 12.1. The van der Waals surface area contributed by atoms with Gasteiger partial charge >= 0.3 is 0 Å². The van der Waals surface area contributed by atoms with Crippen molar-refractivity contribution in [3.63, 3.8) is 0 Å². The van der Waals surface area contributed by atoms with Gasteiger partial charge in [0.1, 0.15) is 5.69 Å². The molecule has 0 aliphatic carbocycles. The number of hydrogen-bond donors (Lipinski definition) is 0. The number of rotatable bonds is 4. The minimum atomic E-state index is 0.0295. The molecular weight excluding hydrogens is 212 g/mol. The van der Waals surface area contributed by atoms with Crippen LogP contribution in [-0.4, -0.2) is 23.9 Å². The second kappa shape index (κ2) is 5.30. The summed E-state index contributed by atoms with van der Waals surface area (Å²) in [6, 6.07) is 3.84. The van der Waals surface area contributed by atoms with Crippen LogP contribution in [0.25, 0.3) is 0 Å². The average molecular weight is 232 g/mol. The summed E-state index contributed by atoms with van der Waals surface area (Å²) >= 11 is 0. The molecule has 92 valence electrons. The summed E-state index contributed by atoms with van der Waals surface area (Å²) in [5, 5.41) is 0. The SMILES string of the molecule is CCCC1CCN(c2ccc(C(C)=O)nc2)C1. The normalized spacial score (nSPS) is 19.6. The predicted octanol–water partition coefficient (Wildman–Crippen LogP) is 2.91. The van der Waals surface area contributed by atoms with Gasteiger partial charge in [0, 0.05) is 20.0 Å². The minimum absolute atomic E-state index is 0.0295. The van der Waals surface area contributed by atoms with E-state index in [1.54, 1.807) is 6.92 Å². The smallest absolute Gasteiger partial charge is 0.178 e. The van der Waals surface area contributed by atoms with Gasteiger partial charge in [-0.15, -0.1) is 0 Å². The Hall–Kier alpha value is -1.38. The molecular formula is C14H20N2O. The van der Waals surface area contributed by atoms with Crippen LogP contribution in [0.15, 0.2) is 18.3 Å². The van der Waals surface area contributed by atoms with Gasteiger partial charge in [-0.3, -0.25) is 9.78 Å². The Morgan fingerprint density at radius 2 is 2.35 bits per heavy atom. The minimum Gasteiger partial charge on any atom is -0.370 e. The summed E-state index contributed by atoms with van der Waals surface area (Å²) in [5.74, 6) is 0.856. The lowest BCUT2D eigenvalue weighted by atomic mass is 10.0. The van der Waals surface area contributed by atoms with Crippen molar-refractivity contribution in [2.45, 2.75) is 33.1 Å². The Bertz CT molecular complexity index is 386. The van der Waals surface area contributed by atoms with Crippen LogP contribution in [0, 0.1) is 5.92 Å². The van der Waals surface area contributed by atoms with Gasteiger partial charge < -0.3 is 4.90 Å². The third kappa shape index (κ3) is 2.84. The van der Waals surface area contributed by atoms with Gasteiger partial charge in [-0.25, -0.2) is 0 Å². The Morgan fingerprint density at radius 3 is 2.94 bits per heavy atom. The summed E-state index contributed by atoms with van der Waals surface area (Å²) in [6.45, 7) is 6.04. The van der Waals surface area contributed by atoms with Crippen LogP contribution in [0.1, 0.15) is 43.6 Å². The monoisotopic (exact) mass is 232 g/mol. The molecule has 1 fully saturated rings. The van der Waals surface area contributed by atoms with E-state index in [0.717, 1.165) is 24.7 Å². The Morgan fingerprint density at radius 1 is 1.53 bits per heavy atom. The van der Waals surface area contributed by atoms with E-state index in [4.69, 9.17) is 0 Å². The number of nitrogens with zero attached hydrogens (tertiary/aromatic N) is 2. The van der Waals surface area contributed by atoms with Crippen molar-refractivity contribution in [2.75, 3.05) is 18.0 Å². The van der Waals surface area contributed by atoms with Crippen LogP contribution in [0.4, 0.5) is 5.69 Å². The van der Waals surface area contributed by atoms with Gasteiger partial charge in [0.15, 0.2) is 5.78 Å². The van der Waals surface area contributed by atoms with Crippen molar-refractivity contribution in [1.29, 1.82) is 0 Å². The number of anilines is 1. The number of carbonyl (C=O) groups excluding carboxylic acids is 1. The molecule has 0 bridgehead atoms. The molecule has 1 saturated heterocycles. The summed E-state index contributed by atoms with van der Waals surface area (Å²) in [5.41, 5.74) is 1.70. The van der Waals surface area contributed by atoms with E-state index in [2.05, 4.69) is 16.8 Å². The number of hydrogen-bond acceptors (Lipinski definition) is 3. The molecule has 0 N–H and O–H groups in total. The van der Waals surface area contributed by atoms with Gasteiger partial charge in [-0.1, -0.05) is 13.3 Å². The van der Waals surface area contributed by atoms with Crippen molar-refractivity contribution in [3.8, 4) is 0 Å². The zero-order valence-electron chi connectivity index (χ0n) is 10.6. The van der Waals surface area contributed by atoms with Gasteiger partial charge in [0.2, 0.25) is 0 Å². The molecule has 0 amide bonds. The number of ketones is 1. The second-order valence-electron chi connectivity index (χ2n) is 4.85. The van der Waals surface area contributed by atoms with E-state index in [-0.39, 0.29) is 5.78 Å². The van der Waals surface area contributed by atoms with Crippen molar-refractivity contribution in [1.82, 2.24) is 4.98 Å². The topological polar surface area (TPSA) is 33.2 Å². The van der Waals surface area contributed by atoms with E-state index in [9.17, 15) is 4.79 Å². The molecule has 3 nitrogen and oxygen atoms in total. The highest BCUT2D eigenvalue weighted by atomic mass is 16.1. The predicted molar refractivity (Wildman–Crippen MR) is 69.5 cm³/mol. The van der Waals surface area contributed by atoms with Gasteiger partial charge in [0.05, 0.1) is 11.9 Å². The molecule has 1 aromatic rings. The molecule has 1 unspecified atom stereocenters. The molecule has 2 rings (SSSR count). The number of pyridine rings is 1. The van der Waals surface area contributed by atoms with E-state index in [1.807, 2.05) is 18.3 Å². The molecule has 3 heteroatoms. The fraction of sp³-hybridized carbons (Fsp3) is 0.571. The first-order chi connectivity index (χ1) is 8.20. The van der Waals surface area contributed by atoms with Gasteiger partial charge in [0.25, 0.3) is 0 Å². The molecule has 2 heterocycles. The molecule has 17 heavy (non-hydrogen) atoms. The zero-order valence-corrected chi connectivity index (χ0v) is 10.6. The fourth-order valence-electron chi connectivity index (χ4n) is 2.49.